The standard InChI is InChI=1S/C37H43P/c1-35(2,3)29-24-31(36(4,5)6)34(32(25-29)37(7,8)9)38-30-22-20-28(21-23-30)33(26-16-12-10-13-17-26)27-18-14-11-15-19-27/h10-25H,1-9H3. The summed E-state index contributed by atoms with van der Waals surface area (Å²) >= 11 is 0. The van der Waals surface area contributed by atoms with Gasteiger partial charge < -0.3 is 0 Å². The van der Waals surface area contributed by atoms with E-state index in [1.165, 1.54) is 57.8 Å². The topological polar surface area (TPSA) is 0 Å². The summed E-state index contributed by atoms with van der Waals surface area (Å²) in [6.07, 6.45) is 9.24. The highest BCUT2D eigenvalue weighted by Crippen LogP contribution is 2.36. The molecule has 0 spiro atoms. The molecule has 3 aromatic rings. The number of hydrogen-bond donors (Lipinski definition) is 0. The Morgan fingerprint density at radius 2 is 0.947 bits per heavy atom. The Bertz CT molecular complexity index is 1310. The highest BCUT2D eigenvalue weighted by Gasteiger charge is 2.28. The molecule has 4 rings (SSSR count). The van der Waals surface area contributed by atoms with Crippen LogP contribution in [-0.2, 0) is 16.2 Å². The van der Waals surface area contributed by atoms with Gasteiger partial charge in [-0.15, -0.1) is 0 Å². The first kappa shape index (κ1) is 28.1. The van der Waals surface area contributed by atoms with Crippen LogP contribution in [0.15, 0.2) is 103 Å². The molecule has 0 unspecified atom stereocenters. The quantitative estimate of drug-likeness (QED) is 0.303. The number of benzene rings is 3. The molecule has 0 nitrogen and oxygen atoms in total. The van der Waals surface area contributed by atoms with Crippen molar-refractivity contribution in [3.05, 3.63) is 130 Å². The van der Waals surface area contributed by atoms with Crippen molar-refractivity contribution in [1.82, 2.24) is 0 Å². The maximum Gasteiger partial charge on any atom is 0.00984 e. The van der Waals surface area contributed by atoms with E-state index >= 15 is 0 Å². The van der Waals surface area contributed by atoms with Gasteiger partial charge in [-0.2, -0.15) is 0 Å². The average molecular weight is 519 g/mol. The van der Waals surface area contributed by atoms with Crippen LogP contribution in [0.3, 0.4) is 0 Å². The van der Waals surface area contributed by atoms with E-state index in [4.69, 9.17) is 0 Å². The third kappa shape index (κ3) is 6.36. The molecule has 0 bridgehead atoms. The second kappa shape index (κ2) is 10.7. The monoisotopic (exact) mass is 518 g/mol. The van der Waals surface area contributed by atoms with Gasteiger partial charge in [-0.1, -0.05) is 155 Å². The van der Waals surface area contributed by atoms with Crippen LogP contribution in [0.25, 0.3) is 5.57 Å². The second-order valence-corrected chi connectivity index (χ2v) is 14.6. The zero-order chi connectivity index (χ0) is 27.7. The molecule has 0 saturated heterocycles. The molecule has 0 aliphatic heterocycles. The van der Waals surface area contributed by atoms with Gasteiger partial charge in [-0.3, -0.25) is 0 Å². The largest absolute Gasteiger partial charge is 0.0622 e. The van der Waals surface area contributed by atoms with Crippen LogP contribution in [0.4, 0.5) is 0 Å². The molecule has 1 aliphatic carbocycles. The van der Waals surface area contributed by atoms with Crippen molar-refractivity contribution in [2.45, 2.75) is 78.6 Å². The SMILES string of the molecule is CC(C)(C)c1cc(C(C)(C)C)c(P=C2C=CC(=C(c3ccccc3)c3ccccc3)C=C2)c(C(C)(C)C)c1. The normalized spacial score (nSPS) is 14.3. The summed E-state index contributed by atoms with van der Waals surface area (Å²) in [5.41, 5.74) is 9.58. The molecule has 0 amide bonds. The van der Waals surface area contributed by atoms with E-state index in [9.17, 15) is 0 Å². The predicted molar refractivity (Wildman–Crippen MR) is 171 cm³/mol. The van der Waals surface area contributed by atoms with Gasteiger partial charge in [0.05, 0.1) is 0 Å². The van der Waals surface area contributed by atoms with Gasteiger partial charge in [0.25, 0.3) is 0 Å². The van der Waals surface area contributed by atoms with Crippen molar-refractivity contribution in [3.8, 4) is 0 Å². The van der Waals surface area contributed by atoms with E-state index in [2.05, 4.69) is 159 Å². The van der Waals surface area contributed by atoms with Crippen LogP contribution in [0.2, 0.25) is 0 Å². The van der Waals surface area contributed by atoms with Crippen molar-refractivity contribution in [3.63, 3.8) is 0 Å². The van der Waals surface area contributed by atoms with E-state index in [-0.39, 0.29) is 16.2 Å². The molecule has 0 heterocycles. The highest BCUT2D eigenvalue weighted by molar-refractivity contribution is 7.50. The minimum Gasteiger partial charge on any atom is -0.0622 e. The van der Waals surface area contributed by atoms with E-state index in [0.29, 0.717) is 0 Å². The van der Waals surface area contributed by atoms with Crippen LogP contribution >= 0.6 is 8.20 Å². The van der Waals surface area contributed by atoms with Gasteiger partial charge in [-0.25, -0.2) is 0 Å². The lowest BCUT2D eigenvalue weighted by Crippen LogP contribution is -2.30. The predicted octanol–water partition coefficient (Wildman–Crippen LogP) is 9.95. The van der Waals surface area contributed by atoms with E-state index in [0.717, 1.165) is 0 Å². The minimum absolute atomic E-state index is 0.0606. The van der Waals surface area contributed by atoms with Crippen molar-refractivity contribution in [1.29, 1.82) is 0 Å². The summed E-state index contributed by atoms with van der Waals surface area (Å²) < 4.78 is 0. The first-order chi connectivity index (χ1) is 17.7. The molecule has 0 saturated carbocycles. The highest BCUT2D eigenvalue weighted by atomic mass is 31.1. The van der Waals surface area contributed by atoms with Crippen molar-refractivity contribution in [2.24, 2.45) is 0 Å². The molecule has 0 fully saturated rings. The Hall–Kier alpha value is -2.95. The van der Waals surface area contributed by atoms with Crippen LogP contribution < -0.4 is 5.30 Å². The maximum atomic E-state index is 2.47. The third-order valence-electron chi connectivity index (χ3n) is 7.11. The Morgan fingerprint density at radius 3 is 1.32 bits per heavy atom. The van der Waals surface area contributed by atoms with Gasteiger partial charge in [0.15, 0.2) is 0 Å². The first-order valence-electron chi connectivity index (χ1n) is 13.7. The van der Waals surface area contributed by atoms with Crippen molar-refractivity contribution >= 4 is 24.4 Å². The summed E-state index contributed by atoms with van der Waals surface area (Å²) in [4.78, 5) is 0. The lowest BCUT2D eigenvalue weighted by atomic mass is 9.75. The maximum absolute atomic E-state index is 2.47. The Morgan fingerprint density at radius 1 is 0.526 bits per heavy atom. The van der Waals surface area contributed by atoms with Crippen molar-refractivity contribution < 1.29 is 0 Å². The fourth-order valence-corrected chi connectivity index (χ4v) is 6.47. The Kier molecular flexibility index (Phi) is 7.88. The van der Waals surface area contributed by atoms with E-state index in [1.807, 2.05) is 0 Å². The zero-order valence-corrected chi connectivity index (χ0v) is 25.6. The first-order valence-corrected chi connectivity index (χ1v) is 14.6. The zero-order valence-electron chi connectivity index (χ0n) is 24.7. The van der Waals surface area contributed by atoms with Gasteiger partial charge in [0.2, 0.25) is 0 Å². The van der Waals surface area contributed by atoms with Gasteiger partial charge in [-0.05, 0) is 67.4 Å². The average Bonchev–Trinajstić information content (AvgIpc) is 2.84. The van der Waals surface area contributed by atoms with Crippen LogP contribution in [0.1, 0.15) is 90.1 Å². The lowest BCUT2D eigenvalue weighted by molar-refractivity contribution is 0.554. The van der Waals surface area contributed by atoms with Crippen LogP contribution in [-0.4, -0.2) is 5.29 Å². The summed E-state index contributed by atoms with van der Waals surface area (Å²) in [6.45, 7) is 21.1. The second-order valence-electron chi connectivity index (χ2n) is 13.4. The van der Waals surface area contributed by atoms with Gasteiger partial charge in [0.1, 0.15) is 0 Å². The molecular formula is C37H43P. The molecule has 38 heavy (non-hydrogen) atoms. The molecule has 1 heteroatoms. The number of hydrogen-bond acceptors (Lipinski definition) is 0. The van der Waals surface area contributed by atoms with Crippen LogP contribution in [0, 0.1) is 0 Å². The smallest absolute Gasteiger partial charge is 0.00984 e. The van der Waals surface area contributed by atoms with Crippen molar-refractivity contribution in [2.75, 3.05) is 0 Å². The molecule has 0 N–H and O–H groups in total. The summed E-state index contributed by atoms with van der Waals surface area (Å²) in [6, 6.07) is 26.4. The van der Waals surface area contributed by atoms with Gasteiger partial charge in [0, 0.05) is 10.6 Å². The molecule has 3 aromatic carbocycles. The molecule has 0 radical (unpaired) electrons. The summed E-state index contributed by atoms with van der Waals surface area (Å²) in [7, 11) is 1.27. The minimum atomic E-state index is 0.0606. The van der Waals surface area contributed by atoms with E-state index < -0.39 is 0 Å². The fraction of sp³-hybridized carbons (Fsp3) is 0.324. The molecule has 0 aromatic heterocycles. The molecule has 0 atom stereocenters. The number of rotatable bonds is 3. The third-order valence-corrected chi connectivity index (χ3v) is 8.38. The van der Waals surface area contributed by atoms with E-state index in [1.54, 1.807) is 0 Å². The Balaban J connectivity index is 1.87. The van der Waals surface area contributed by atoms with Gasteiger partial charge >= 0.3 is 0 Å². The fourth-order valence-electron chi connectivity index (χ4n) is 4.87. The molecular weight excluding hydrogens is 475 g/mol. The lowest BCUT2D eigenvalue weighted by Gasteiger charge is -2.32. The molecule has 1 aliphatic rings. The summed E-state index contributed by atoms with van der Waals surface area (Å²) in [5, 5.41) is 2.79. The summed E-state index contributed by atoms with van der Waals surface area (Å²) in [5.74, 6) is 0. The Labute approximate surface area is 233 Å². The molecule has 196 valence electrons. The number of allylic oxidation sites excluding steroid dienone is 5. The van der Waals surface area contributed by atoms with Crippen LogP contribution in [0.5, 0.6) is 0 Å².